The average molecular weight is 244 g/mol. The van der Waals surface area contributed by atoms with Crippen molar-refractivity contribution in [2.45, 2.75) is 44.1 Å². The second-order valence-electron chi connectivity index (χ2n) is 4.62. The van der Waals surface area contributed by atoms with Crippen LogP contribution in [0.15, 0.2) is 4.99 Å². The number of aliphatic imine (C=N–C) groups is 1. The summed E-state index contributed by atoms with van der Waals surface area (Å²) in [5, 5.41) is 31.6. The Morgan fingerprint density at radius 1 is 1.35 bits per heavy atom. The van der Waals surface area contributed by atoms with Gasteiger partial charge in [0.2, 0.25) is 0 Å². The first kappa shape index (κ1) is 12.6. The molecule has 1 saturated carbocycles. The Hall–Kier alpha value is -0.850. The number of hydrogen-bond donors (Lipinski definition) is 4. The third-order valence-corrected chi connectivity index (χ3v) is 3.45. The minimum Gasteiger partial charge on any atom is -0.459 e. The van der Waals surface area contributed by atoms with Gasteiger partial charge in [-0.15, -0.1) is 0 Å². The van der Waals surface area contributed by atoms with E-state index < -0.39 is 24.2 Å². The third kappa shape index (κ3) is 2.25. The zero-order valence-electron chi connectivity index (χ0n) is 9.91. The van der Waals surface area contributed by atoms with Crippen LogP contribution in [0.25, 0.3) is 0 Å². The summed E-state index contributed by atoms with van der Waals surface area (Å²) in [7, 11) is 0. The Kier molecular flexibility index (Phi) is 3.86. The fourth-order valence-electron chi connectivity index (χ4n) is 2.39. The normalized spacial score (nSPS) is 42.4. The number of unbranched alkanes of at least 4 members (excludes halogenated alkanes) is 1. The van der Waals surface area contributed by atoms with Crippen LogP contribution in [-0.2, 0) is 4.74 Å². The summed E-state index contributed by atoms with van der Waals surface area (Å²) in [5.74, 6) is -0.457. The second-order valence-corrected chi connectivity index (χ2v) is 4.62. The van der Waals surface area contributed by atoms with E-state index in [9.17, 15) is 15.3 Å². The Morgan fingerprint density at radius 3 is 2.76 bits per heavy atom. The summed E-state index contributed by atoms with van der Waals surface area (Å²) in [4.78, 5) is 4.23. The Morgan fingerprint density at radius 2 is 2.12 bits per heavy atom. The molecule has 0 bridgehead atoms. The van der Waals surface area contributed by atoms with Gasteiger partial charge in [0.1, 0.15) is 12.2 Å². The third-order valence-electron chi connectivity index (χ3n) is 3.45. The molecule has 17 heavy (non-hydrogen) atoms. The van der Waals surface area contributed by atoms with Crippen LogP contribution in [0.3, 0.4) is 0 Å². The topological polar surface area (TPSA) is 94.3 Å². The van der Waals surface area contributed by atoms with Gasteiger partial charge in [0.25, 0.3) is 6.02 Å². The molecule has 2 fully saturated rings. The van der Waals surface area contributed by atoms with Crippen molar-refractivity contribution in [2.24, 2.45) is 10.9 Å². The van der Waals surface area contributed by atoms with Gasteiger partial charge in [-0.05, 0) is 6.42 Å². The van der Waals surface area contributed by atoms with Crippen molar-refractivity contribution in [3.05, 3.63) is 0 Å². The van der Waals surface area contributed by atoms with Crippen molar-refractivity contribution >= 4 is 6.02 Å². The maximum atomic E-state index is 9.80. The van der Waals surface area contributed by atoms with Gasteiger partial charge in [-0.25, -0.2) is 4.99 Å². The van der Waals surface area contributed by atoms with Crippen molar-refractivity contribution in [3.8, 4) is 0 Å². The molecule has 6 heteroatoms. The van der Waals surface area contributed by atoms with Crippen molar-refractivity contribution in [3.63, 3.8) is 0 Å². The van der Waals surface area contributed by atoms with Crippen LogP contribution in [0.1, 0.15) is 19.8 Å². The van der Waals surface area contributed by atoms with E-state index in [0.717, 1.165) is 12.8 Å². The van der Waals surface area contributed by atoms with Crippen molar-refractivity contribution in [1.29, 1.82) is 0 Å². The van der Waals surface area contributed by atoms with E-state index in [1.807, 2.05) is 0 Å². The molecular formula is C11H20N2O4. The maximum absolute atomic E-state index is 9.80. The summed E-state index contributed by atoms with van der Waals surface area (Å²) in [6.45, 7) is 2.56. The molecule has 1 aliphatic heterocycles. The second kappa shape index (κ2) is 5.20. The van der Waals surface area contributed by atoms with Crippen LogP contribution in [0.5, 0.6) is 0 Å². The molecule has 4 N–H and O–H groups in total. The number of ether oxygens (including phenoxy) is 1. The standard InChI is InChI=1S/C11H20N2O4/c1-2-3-4-12-11-13-7-9(16)8(15)6(5-14)10(7)17-11/h6-10,14-16H,2-5H2,1H3,(H,12,13)/t6-,7?,8-,9-,10?/m1/s1. The Bertz CT molecular complexity index is 297. The highest BCUT2D eigenvalue weighted by atomic mass is 16.5. The molecule has 5 atom stereocenters. The van der Waals surface area contributed by atoms with Gasteiger partial charge >= 0.3 is 0 Å². The number of fused-ring (bicyclic) bond motifs is 1. The van der Waals surface area contributed by atoms with Crippen LogP contribution in [0.4, 0.5) is 0 Å². The van der Waals surface area contributed by atoms with Gasteiger partial charge in [-0.1, -0.05) is 13.3 Å². The van der Waals surface area contributed by atoms with E-state index in [-0.39, 0.29) is 12.6 Å². The molecule has 1 saturated heterocycles. The van der Waals surface area contributed by atoms with Crippen molar-refractivity contribution < 1.29 is 20.1 Å². The lowest BCUT2D eigenvalue weighted by Crippen LogP contribution is -2.40. The number of aliphatic hydroxyl groups excluding tert-OH is 3. The van der Waals surface area contributed by atoms with E-state index >= 15 is 0 Å². The zero-order chi connectivity index (χ0) is 12.4. The predicted molar refractivity (Wildman–Crippen MR) is 61.6 cm³/mol. The van der Waals surface area contributed by atoms with Crippen LogP contribution < -0.4 is 5.32 Å². The lowest BCUT2D eigenvalue weighted by Gasteiger charge is -2.17. The van der Waals surface area contributed by atoms with Gasteiger partial charge in [0.15, 0.2) is 0 Å². The first-order valence-corrected chi connectivity index (χ1v) is 6.13. The molecule has 0 spiro atoms. The van der Waals surface area contributed by atoms with E-state index in [1.165, 1.54) is 0 Å². The average Bonchev–Trinajstić information content (AvgIpc) is 2.81. The fraction of sp³-hybridized carbons (Fsp3) is 0.909. The lowest BCUT2D eigenvalue weighted by atomic mass is 10.1. The molecule has 0 aromatic heterocycles. The quantitative estimate of drug-likeness (QED) is 0.468. The smallest absolute Gasteiger partial charge is 0.285 e. The summed E-state index contributed by atoms with van der Waals surface area (Å²) in [6, 6.07) is 0.0420. The number of nitrogens with one attached hydrogen (secondary N) is 1. The number of hydrogen-bond acceptors (Lipinski definition) is 5. The molecule has 98 valence electrons. The number of nitrogens with zero attached hydrogens (tertiary/aromatic N) is 1. The van der Waals surface area contributed by atoms with Crippen LogP contribution in [0.2, 0.25) is 0 Å². The van der Waals surface area contributed by atoms with Crippen molar-refractivity contribution in [1.82, 2.24) is 5.32 Å². The first-order valence-electron chi connectivity index (χ1n) is 6.13. The van der Waals surface area contributed by atoms with Crippen LogP contribution >= 0.6 is 0 Å². The van der Waals surface area contributed by atoms with E-state index in [2.05, 4.69) is 17.2 Å². The lowest BCUT2D eigenvalue weighted by molar-refractivity contribution is -0.00879. The molecule has 0 amide bonds. The summed E-state index contributed by atoms with van der Waals surface area (Å²) < 4.78 is 5.54. The molecule has 2 rings (SSSR count). The minimum absolute atomic E-state index is 0.205. The van der Waals surface area contributed by atoms with Crippen LogP contribution in [0, 0.1) is 5.92 Å². The van der Waals surface area contributed by atoms with Gasteiger partial charge in [-0.2, -0.15) is 0 Å². The van der Waals surface area contributed by atoms with Gasteiger partial charge in [0, 0.05) is 12.5 Å². The van der Waals surface area contributed by atoms with Gasteiger partial charge in [0.05, 0.1) is 18.8 Å². The summed E-state index contributed by atoms with van der Waals surface area (Å²) >= 11 is 0. The van der Waals surface area contributed by atoms with Crippen molar-refractivity contribution in [2.75, 3.05) is 13.2 Å². The van der Waals surface area contributed by atoms with E-state index in [4.69, 9.17) is 4.74 Å². The molecule has 2 aliphatic rings. The Labute approximate surface area is 100 Å². The molecule has 0 aromatic rings. The van der Waals surface area contributed by atoms with Gasteiger partial charge in [-0.3, -0.25) is 0 Å². The molecule has 0 radical (unpaired) electrons. The molecule has 6 nitrogen and oxygen atoms in total. The minimum atomic E-state index is -0.945. The largest absolute Gasteiger partial charge is 0.459 e. The molecule has 1 aliphatic carbocycles. The predicted octanol–water partition coefficient (Wildman–Crippen LogP) is -1.16. The molecule has 2 unspecified atom stereocenters. The van der Waals surface area contributed by atoms with E-state index in [0.29, 0.717) is 12.6 Å². The number of rotatable bonds is 4. The first-order chi connectivity index (χ1) is 8.19. The van der Waals surface area contributed by atoms with Gasteiger partial charge < -0.3 is 25.4 Å². The summed E-state index contributed by atoms with van der Waals surface area (Å²) in [5.41, 5.74) is 0. The van der Waals surface area contributed by atoms with E-state index in [1.54, 1.807) is 0 Å². The summed E-state index contributed by atoms with van der Waals surface area (Å²) in [6.07, 6.45) is -0.219. The highest BCUT2D eigenvalue weighted by Crippen LogP contribution is 2.32. The number of amidine groups is 1. The highest BCUT2D eigenvalue weighted by molar-refractivity contribution is 5.76. The fourth-order valence-corrected chi connectivity index (χ4v) is 2.39. The maximum Gasteiger partial charge on any atom is 0.285 e. The monoisotopic (exact) mass is 244 g/mol. The van der Waals surface area contributed by atoms with Crippen LogP contribution in [-0.4, -0.2) is 58.8 Å². The number of aliphatic hydroxyl groups is 3. The Balaban J connectivity index is 1.99. The molecular weight excluding hydrogens is 224 g/mol. The highest BCUT2D eigenvalue weighted by Gasteiger charge is 2.54. The SMILES string of the molecule is CCCCN=C1NC2C(O1)[C@H](CO)[C@@H](O)[C@@H]2O. The zero-order valence-corrected chi connectivity index (χ0v) is 9.91. The molecule has 1 heterocycles. The molecule has 0 aromatic carbocycles.